The van der Waals surface area contributed by atoms with E-state index in [1.165, 1.54) is 18.7 Å². The van der Waals surface area contributed by atoms with Gasteiger partial charge in [0.25, 0.3) is 5.56 Å². The van der Waals surface area contributed by atoms with Gasteiger partial charge in [0.15, 0.2) is 0 Å². The average Bonchev–Trinajstić information content (AvgIpc) is 3.13. The summed E-state index contributed by atoms with van der Waals surface area (Å²) in [4.78, 5) is 19.9. The van der Waals surface area contributed by atoms with Crippen LogP contribution in [0.5, 0.6) is 0 Å². The first-order valence-corrected chi connectivity index (χ1v) is 5.77. The second-order valence-electron chi connectivity index (χ2n) is 3.81. The normalized spacial score (nSPS) is 10.0. The molecule has 0 aliphatic heterocycles. The van der Waals surface area contributed by atoms with Gasteiger partial charge >= 0.3 is 6.01 Å². The van der Waals surface area contributed by atoms with Gasteiger partial charge in [-0.25, -0.2) is 9.97 Å². The van der Waals surface area contributed by atoms with Crippen molar-refractivity contribution in [1.82, 2.24) is 24.3 Å². The zero-order valence-electron chi connectivity index (χ0n) is 10.3. The lowest BCUT2D eigenvalue weighted by Crippen LogP contribution is -2.23. The zero-order valence-corrected chi connectivity index (χ0v) is 10.3. The van der Waals surface area contributed by atoms with E-state index in [1.807, 2.05) is 0 Å². The lowest BCUT2D eigenvalue weighted by molar-refractivity contribution is 0.500. The van der Waals surface area contributed by atoms with E-state index in [1.54, 1.807) is 29.4 Å². The quantitative estimate of drug-likeness (QED) is 0.631. The Morgan fingerprint density at radius 1 is 1.30 bits per heavy atom. The van der Waals surface area contributed by atoms with Gasteiger partial charge in [0.05, 0.1) is 24.6 Å². The highest BCUT2D eigenvalue weighted by Gasteiger charge is 2.07. The maximum atomic E-state index is 12.1. The van der Waals surface area contributed by atoms with Crippen LogP contribution in [0.1, 0.15) is 5.56 Å². The van der Waals surface area contributed by atoms with Crippen LogP contribution >= 0.6 is 0 Å². The van der Waals surface area contributed by atoms with E-state index in [4.69, 9.17) is 4.42 Å². The van der Waals surface area contributed by atoms with Crippen LogP contribution < -0.4 is 5.56 Å². The number of aromatic nitrogens is 5. The molecule has 3 heterocycles. The molecule has 0 unspecified atom stereocenters. The molecule has 0 fully saturated rings. The van der Waals surface area contributed by atoms with Gasteiger partial charge in [-0.15, -0.1) is 4.68 Å². The minimum Gasteiger partial charge on any atom is -0.431 e. The monoisotopic (exact) mass is 267 g/mol. The van der Waals surface area contributed by atoms with E-state index < -0.39 is 0 Å². The van der Waals surface area contributed by atoms with E-state index in [2.05, 4.69) is 26.9 Å². The molecule has 0 atom stereocenters. The maximum absolute atomic E-state index is 12.1. The van der Waals surface area contributed by atoms with Crippen LogP contribution in [-0.2, 0) is 6.54 Å². The highest BCUT2D eigenvalue weighted by Crippen LogP contribution is 1.98. The standard InChI is InChI=1S/C13H9N5O2/c19-12-11(2-1-7-17-8-5-14-10-17)3-4-16-18(12)13-15-6-9-20-13/h3-6,8-10H,7H2. The molecule has 0 bridgehead atoms. The van der Waals surface area contributed by atoms with Crippen LogP contribution in [0.15, 0.2) is 52.7 Å². The van der Waals surface area contributed by atoms with Crippen molar-refractivity contribution in [2.45, 2.75) is 6.54 Å². The van der Waals surface area contributed by atoms with E-state index >= 15 is 0 Å². The molecule has 3 aromatic rings. The predicted molar refractivity (Wildman–Crippen MR) is 69.0 cm³/mol. The fraction of sp³-hybridized carbons (Fsp3) is 0.0769. The highest BCUT2D eigenvalue weighted by molar-refractivity contribution is 5.31. The van der Waals surface area contributed by atoms with Crippen molar-refractivity contribution >= 4 is 0 Å². The molecule has 0 amide bonds. The first kappa shape index (κ1) is 11.9. The Morgan fingerprint density at radius 2 is 2.25 bits per heavy atom. The number of rotatable bonds is 2. The van der Waals surface area contributed by atoms with Crippen LogP contribution in [0, 0.1) is 11.8 Å². The van der Waals surface area contributed by atoms with Gasteiger partial charge in [-0.3, -0.25) is 4.79 Å². The average molecular weight is 267 g/mol. The summed E-state index contributed by atoms with van der Waals surface area (Å²) in [5, 5.41) is 3.90. The summed E-state index contributed by atoms with van der Waals surface area (Å²) in [7, 11) is 0. The third-order valence-corrected chi connectivity index (χ3v) is 2.49. The molecular weight excluding hydrogens is 258 g/mol. The molecule has 7 heteroatoms. The first-order chi connectivity index (χ1) is 9.84. The molecule has 0 spiro atoms. The van der Waals surface area contributed by atoms with E-state index in [0.717, 1.165) is 4.68 Å². The summed E-state index contributed by atoms with van der Waals surface area (Å²) >= 11 is 0. The molecule has 0 N–H and O–H groups in total. The van der Waals surface area contributed by atoms with Crippen molar-refractivity contribution in [3.63, 3.8) is 0 Å². The van der Waals surface area contributed by atoms with Crippen molar-refractivity contribution in [3.8, 4) is 17.9 Å². The number of imidazole rings is 1. The van der Waals surface area contributed by atoms with Gasteiger partial charge in [-0.2, -0.15) is 5.10 Å². The SMILES string of the molecule is O=c1c(C#CCn2ccnc2)ccnn1-c1ncco1. The van der Waals surface area contributed by atoms with Gasteiger partial charge in [-0.1, -0.05) is 11.8 Å². The van der Waals surface area contributed by atoms with E-state index in [9.17, 15) is 4.79 Å². The molecule has 0 saturated carbocycles. The van der Waals surface area contributed by atoms with Gasteiger partial charge in [0.2, 0.25) is 0 Å². The smallest absolute Gasteiger partial charge is 0.326 e. The molecule has 20 heavy (non-hydrogen) atoms. The fourth-order valence-electron chi connectivity index (χ4n) is 1.57. The van der Waals surface area contributed by atoms with Crippen molar-refractivity contribution in [2.24, 2.45) is 0 Å². The zero-order chi connectivity index (χ0) is 13.8. The van der Waals surface area contributed by atoms with Crippen LogP contribution in [0.2, 0.25) is 0 Å². The molecule has 3 aromatic heterocycles. The largest absolute Gasteiger partial charge is 0.431 e. The number of hydrogen-bond donors (Lipinski definition) is 0. The van der Waals surface area contributed by atoms with Crippen LogP contribution in [-0.4, -0.2) is 24.3 Å². The minimum absolute atomic E-state index is 0.119. The van der Waals surface area contributed by atoms with Crippen LogP contribution in [0.25, 0.3) is 6.01 Å². The lowest BCUT2D eigenvalue weighted by atomic mass is 10.3. The van der Waals surface area contributed by atoms with Crippen molar-refractivity contribution in [1.29, 1.82) is 0 Å². The van der Waals surface area contributed by atoms with Crippen molar-refractivity contribution in [2.75, 3.05) is 0 Å². The predicted octanol–water partition coefficient (Wildman–Crippen LogP) is 0.469. The van der Waals surface area contributed by atoms with Crippen LogP contribution in [0.3, 0.4) is 0 Å². The molecule has 0 saturated heterocycles. The van der Waals surface area contributed by atoms with Crippen molar-refractivity contribution < 1.29 is 4.42 Å². The molecular formula is C13H9N5O2. The maximum Gasteiger partial charge on any atom is 0.326 e. The topological polar surface area (TPSA) is 78.7 Å². The summed E-state index contributed by atoms with van der Waals surface area (Å²) < 4.78 is 7.92. The molecule has 0 aliphatic carbocycles. The lowest BCUT2D eigenvalue weighted by Gasteiger charge is -1.98. The Labute approximate surface area is 113 Å². The fourth-order valence-corrected chi connectivity index (χ4v) is 1.57. The molecule has 0 radical (unpaired) electrons. The summed E-state index contributed by atoms with van der Waals surface area (Å²) in [6.45, 7) is 0.459. The Morgan fingerprint density at radius 3 is 3.00 bits per heavy atom. The summed E-state index contributed by atoms with van der Waals surface area (Å²) in [5.74, 6) is 5.71. The third kappa shape index (κ3) is 2.35. The minimum atomic E-state index is -0.368. The second kappa shape index (κ2) is 5.24. The summed E-state index contributed by atoms with van der Waals surface area (Å²) in [6, 6.07) is 1.68. The van der Waals surface area contributed by atoms with Gasteiger partial charge in [-0.05, 0) is 6.07 Å². The summed E-state index contributed by atoms with van der Waals surface area (Å²) in [6.07, 6.45) is 9.43. The number of nitrogens with zero attached hydrogens (tertiary/aromatic N) is 5. The van der Waals surface area contributed by atoms with Gasteiger partial charge < -0.3 is 8.98 Å². The Balaban J connectivity index is 1.90. The van der Waals surface area contributed by atoms with Gasteiger partial charge in [0.1, 0.15) is 6.26 Å². The molecule has 98 valence electrons. The Kier molecular flexibility index (Phi) is 3.12. The summed E-state index contributed by atoms with van der Waals surface area (Å²) in [5.41, 5.74) is -0.0357. The molecule has 0 aliphatic rings. The first-order valence-electron chi connectivity index (χ1n) is 5.77. The molecule has 3 rings (SSSR count). The molecule has 7 nitrogen and oxygen atoms in total. The van der Waals surface area contributed by atoms with Crippen molar-refractivity contribution in [3.05, 3.63) is 59.4 Å². The Bertz CT molecular complexity index is 807. The van der Waals surface area contributed by atoms with E-state index in [-0.39, 0.29) is 11.6 Å². The second-order valence-corrected chi connectivity index (χ2v) is 3.81. The Hall–Kier alpha value is -3.14. The van der Waals surface area contributed by atoms with E-state index in [0.29, 0.717) is 12.1 Å². The highest BCUT2D eigenvalue weighted by atomic mass is 16.4. The number of hydrogen-bond acceptors (Lipinski definition) is 5. The van der Waals surface area contributed by atoms with Crippen LogP contribution in [0.4, 0.5) is 0 Å². The third-order valence-electron chi connectivity index (χ3n) is 2.49. The van der Waals surface area contributed by atoms with Gasteiger partial charge in [0, 0.05) is 18.6 Å². The number of oxazole rings is 1. The molecule has 0 aromatic carbocycles.